The first-order valence-electron chi connectivity index (χ1n) is 24.2. The van der Waals surface area contributed by atoms with Crippen LogP contribution in [0.15, 0.2) is 85.1 Å². The van der Waals surface area contributed by atoms with Crippen LogP contribution in [-0.2, 0) is 41.8 Å². The van der Waals surface area contributed by atoms with Crippen molar-refractivity contribution >= 4 is 27.6 Å². The molecule has 0 radical (unpaired) electrons. The molecule has 8 N–H and O–H groups in total. The van der Waals surface area contributed by atoms with Crippen LogP contribution < -0.4 is 0 Å². The average Bonchev–Trinajstić information content (AvgIpc) is 3.29. The van der Waals surface area contributed by atoms with Gasteiger partial charge in [-0.2, -0.15) is 0 Å². The van der Waals surface area contributed by atoms with E-state index in [-0.39, 0.29) is 18.9 Å². The molecule has 6 unspecified atom stereocenters. The molecule has 0 bridgehead atoms. The number of hydrogen-bond donors (Lipinski definition) is 8. The van der Waals surface area contributed by atoms with Crippen LogP contribution in [0.1, 0.15) is 149 Å². The van der Waals surface area contributed by atoms with Gasteiger partial charge in [-0.15, -0.1) is 0 Å². The van der Waals surface area contributed by atoms with Crippen LogP contribution in [0.4, 0.5) is 0 Å². The molecule has 1 aliphatic rings. The largest absolute Gasteiger partial charge is 0.472 e. The van der Waals surface area contributed by atoms with Crippen molar-refractivity contribution in [3.05, 3.63) is 85.1 Å². The lowest BCUT2D eigenvalue weighted by Gasteiger charge is -2.43. The summed E-state index contributed by atoms with van der Waals surface area (Å²) in [4.78, 5) is 54.3. The molecule has 1 aliphatic carbocycles. The number of aliphatic hydroxyl groups excluding tert-OH is 5. The molecule has 0 aromatic rings. The zero-order valence-corrected chi connectivity index (χ0v) is 41.9. The first-order chi connectivity index (χ1) is 32.5. The van der Waals surface area contributed by atoms with E-state index in [2.05, 4.69) is 47.9 Å². The quantitative estimate of drug-likeness (QED) is 0.0124. The second kappa shape index (κ2) is 38.8. The Bertz CT molecular complexity index is 1650. The molecule has 19 heteroatoms. The van der Waals surface area contributed by atoms with Crippen molar-refractivity contribution in [2.24, 2.45) is 0 Å². The lowest BCUT2D eigenvalue weighted by atomic mass is 9.85. The van der Waals surface area contributed by atoms with Gasteiger partial charge in [-0.25, -0.2) is 9.13 Å². The van der Waals surface area contributed by atoms with Crippen molar-refractivity contribution < 1.29 is 82.0 Å². The molecule has 0 heterocycles. The maximum absolute atomic E-state index is 13.0. The number of hydrogen-bond acceptors (Lipinski definition) is 14. The molecule has 0 spiro atoms. The summed E-state index contributed by atoms with van der Waals surface area (Å²) in [6.45, 7) is 2.81. The second-order valence-corrected chi connectivity index (χ2v) is 19.2. The summed E-state index contributed by atoms with van der Waals surface area (Å²) in [7, 11) is -10.7. The highest BCUT2D eigenvalue weighted by molar-refractivity contribution is 7.47. The van der Waals surface area contributed by atoms with Gasteiger partial charge in [-0.05, 0) is 83.5 Å². The fraction of sp³-hybridized carbons (Fsp3) is 0.673. The average molecular weight is 1010 g/mol. The van der Waals surface area contributed by atoms with E-state index in [9.17, 15) is 58.9 Å². The van der Waals surface area contributed by atoms with E-state index < -0.39 is 83.5 Å². The predicted octanol–water partition coefficient (Wildman–Crippen LogP) is 8.36. The monoisotopic (exact) mass is 1000 g/mol. The number of esters is 2. The van der Waals surface area contributed by atoms with Crippen molar-refractivity contribution in [2.45, 2.75) is 198 Å². The highest BCUT2D eigenvalue weighted by Gasteiger charge is 2.54. The molecule has 17 nitrogen and oxygen atoms in total. The molecule has 0 amide bonds. The van der Waals surface area contributed by atoms with Crippen LogP contribution in [0.3, 0.4) is 0 Å². The van der Waals surface area contributed by atoms with Crippen LogP contribution in [0.5, 0.6) is 0 Å². The number of carbonyl (C=O) groups excluding carboxylic acids is 2. The molecule has 1 rings (SSSR count). The van der Waals surface area contributed by atoms with Crippen LogP contribution >= 0.6 is 15.6 Å². The van der Waals surface area contributed by atoms with Gasteiger partial charge in [0.05, 0.1) is 12.7 Å². The zero-order chi connectivity index (χ0) is 50.5. The molecule has 1 saturated carbocycles. The van der Waals surface area contributed by atoms with Gasteiger partial charge in [0.25, 0.3) is 0 Å². The molecule has 68 heavy (non-hydrogen) atoms. The summed E-state index contributed by atoms with van der Waals surface area (Å²) >= 11 is 0. The van der Waals surface area contributed by atoms with Crippen LogP contribution in [0, 0.1) is 0 Å². The number of ether oxygens (including phenoxy) is 2. The van der Waals surface area contributed by atoms with Gasteiger partial charge in [0.2, 0.25) is 0 Å². The number of phosphoric ester groups is 2. The number of aliphatic hydroxyl groups is 5. The number of rotatable bonds is 39. The van der Waals surface area contributed by atoms with Crippen molar-refractivity contribution in [2.75, 3.05) is 13.2 Å². The maximum Gasteiger partial charge on any atom is 0.472 e. The van der Waals surface area contributed by atoms with E-state index in [4.69, 9.17) is 18.5 Å². The van der Waals surface area contributed by atoms with Gasteiger partial charge in [-0.3, -0.25) is 23.2 Å². The van der Waals surface area contributed by atoms with E-state index in [0.29, 0.717) is 38.5 Å². The number of carbonyl (C=O) groups is 2. The maximum atomic E-state index is 13.0. The molecule has 9 atom stereocenters. The zero-order valence-electron chi connectivity index (χ0n) is 40.1. The second-order valence-electron chi connectivity index (χ2n) is 16.6. The SMILES string of the molecule is CCCCCCCC/C=C\C/C=C\C/C=C\CCCC(=O)OC[C@H](COP(=O)(O)O[C@H]1C(O)C(O)C(O)[C@@H](OP(=O)(O)O)C1O)OC(=O)CCC/C=C\C/C=C\C/C=C\C/C=C\CC(O)CCC. The van der Waals surface area contributed by atoms with Gasteiger partial charge in [0.1, 0.15) is 43.2 Å². The van der Waals surface area contributed by atoms with Crippen LogP contribution in [0.2, 0.25) is 0 Å². The standard InChI is InChI=1S/C49H82O17P2/c1-3-5-6-7-8-9-10-11-12-13-14-17-20-23-26-29-32-36-42(51)62-38-41(39-63-68(60,61)66-49-46(55)44(53)45(54)48(47(49)56)65-67(57,58)59)64-43(52)37-33-30-27-24-21-18-15-16-19-22-25-28-31-35-40(50)34-4-2/h11-12,14-15,17-19,22-24,26-28,31,40-41,44-50,53-56H,3-10,13,16,20-21,25,29-30,32-39H2,1-2H3,(H,60,61)(H2,57,58,59)/b12-11-,17-14-,18-15-,22-19-,26-23-,27-24-,31-28-/t40?,41-,44?,45?,46?,47?,48-,49+/m1/s1. The Balaban J connectivity index is 2.67. The summed E-state index contributed by atoms with van der Waals surface area (Å²) in [5, 5.41) is 51.0. The third kappa shape index (κ3) is 32.9. The minimum absolute atomic E-state index is 0.0255. The molecule has 0 aromatic carbocycles. The Hall–Kier alpha value is -2.86. The van der Waals surface area contributed by atoms with Crippen molar-refractivity contribution in [3.63, 3.8) is 0 Å². The Morgan fingerprint density at radius 2 is 0.985 bits per heavy atom. The molecule has 1 fully saturated rings. The topological polar surface area (TPSA) is 276 Å². The number of phosphoric acid groups is 2. The van der Waals surface area contributed by atoms with E-state index in [1.165, 1.54) is 38.5 Å². The fourth-order valence-electron chi connectivity index (χ4n) is 6.75. The Morgan fingerprint density at radius 1 is 0.529 bits per heavy atom. The molecular weight excluding hydrogens is 922 g/mol. The van der Waals surface area contributed by atoms with E-state index in [0.717, 1.165) is 44.9 Å². The lowest BCUT2D eigenvalue weighted by Crippen LogP contribution is -2.64. The first-order valence-corrected chi connectivity index (χ1v) is 27.2. The van der Waals surface area contributed by atoms with Crippen LogP contribution in [0.25, 0.3) is 0 Å². The molecular formula is C49H82O17P2. The summed E-state index contributed by atoms with van der Waals surface area (Å²) in [5.41, 5.74) is 0. The third-order valence-electron chi connectivity index (χ3n) is 10.5. The lowest BCUT2D eigenvalue weighted by molar-refractivity contribution is -0.216. The third-order valence-corrected chi connectivity index (χ3v) is 12.0. The Morgan fingerprint density at radius 3 is 1.50 bits per heavy atom. The van der Waals surface area contributed by atoms with Crippen molar-refractivity contribution in [1.29, 1.82) is 0 Å². The van der Waals surface area contributed by atoms with Gasteiger partial charge >= 0.3 is 27.6 Å². The highest BCUT2D eigenvalue weighted by atomic mass is 31.2. The minimum atomic E-state index is -5.38. The molecule has 390 valence electrons. The van der Waals surface area contributed by atoms with E-state index in [1.54, 1.807) is 0 Å². The Labute approximate surface area is 404 Å². The summed E-state index contributed by atoms with van der Waals surface area (Å²) < 4.78 is 49.2. The van der Waals surface area contributed by atoms with Gasteiger partial charge < -0.3 is 49.7 Å². The summed E-state index contributed by atoms with van der Waals surface area (Å²) in [6.07, 6.45) is 30.4. The number of allylic oxidation sites excluding steroid dienone is 13. The van der Waals surface area contributed by atoms with Gasteiger partial charge in [0, 0.05) is 12.8 Å². The first kappa shape index (κ1) is 63.2. The normalized spacial score (nSPS) is 22.4. The van der Waals surface area contributed by atoms with E-state index >= 15 is 0 Å². The molecule has 0 saturated heterocycles. The van der Waals surface area contributed by atoms with Crippen molar-refractivity contribution in [3.8, 4) is 0 Å². The van der Waals surface area contributed by atoms with Gasteiger partial charge in [0.15, 0.2) is 6.10 Å². The predicted molar refractivity (Wildman–Crippen MR) is 261 cm³/mol. The van der Waals surface area contributed by atoms with Gasteiger partial charge in [-0.1, -0.05) is 137 Å². The fourth-order valence-corrected chi connectivity index (χ4v) is 8.29. The highest BCUT2D eigenvalue weighted by Crippen LogP contribution is 2.49. The molecule has 0 aromatic heterocycles. The Kier molecular flexibility index (Phi) is 36.1. The summed E-state index contributed by atoms with van der Waals surface area (Å²) in [5.74, 6) is -1.36. The smallest absolute Gasteiger partial charge is 0.462 e. The van der Waals surface area contributed by atoms with E-state index in [1.807, 2.05) is 55.5 Å². The molecule has 0 aliphatic heterocycles. The number of unbranched alkanes of at least 4 members (excludes halogenated alkanes) is 8. The minimum Gasteiger partial charge on any atom is -0.462 e. The van der Waals surface area contributed by atoms with Crippen LogP contribution in [-0.4, -0.2) is 114 Å². The summed E-state index contributed by atoms with van der Waals surface area (Å²) in [6, 6.07) is 0. The van der Waals surface area contributed by atoms with Crippen molar-refractivity contribution in [1.82, 2.24) is 0 Å².